The third-order valence-corrected chi connectivity index (χ3v) is 5.71. The molecular weight excluding hydrogens is 395 g/mol. The van der Waals surface area contributed by atoms with Gasteiger partial charge in [0.1, 0.15) is 11.9 Å². The summed E-state index contributed by atoms with van der Waals surface area (Å²) in [5.41, 5.74) is 1.42. The Morgan fingerprint density at radius 3 is 3.03 bits per heavy atom. The zero-order valence-corrected chi connectivity index (χ0v) is 16.7. The number of ether oxygens (including phenoxy) is 1. The Morgan fingerprint density at radius 2 is 2.24 bits per heavy atom. The lowest BCUT2D eigenvalue weighted by molar-refractivity contribution is -0.123. The maximum atomic E-state index is 14.5. The Balaban J connectivity index is 1.39. The van der Waals surface area contributed by atoms with Gasteiger partial charge >= 0.3 is 0 Å². The molecule has 2 atom stereocenters. The molecule has 151 valence electrons. The monoisotopic (exact) mass is 415 g/mol. The number of rotatable bonds is 4. The van der Waals surface area contributed by atoms with Crippen molar-refractivity contribution >= 4 is 28.5 Å². The molecule has 0 saturated carbocycles. The number of hydrogen-bond donors (Lipinski definition) is 2. The molecule has 1 unspecified atom stereocenters. The molecule has 2 saturated heterocycles. The summed E-state index contributed by atoms with van der Waals surface area (Å²) in [5, 5.41) is 4.59. The second kappa shape index (κ2) is 7.51. The van der Waals surface area contributed by atoms with Gasteiger partial charge in [-0.15, -0.1) is 0 Å². The molecule has 3 aromatic heterocycles. The van der Waals surface area contributed by atoms with E-state index in [4.69, 9.17) is 16.3 Å². The number of aromatic nitrogens is 4. The van der Waals surface area contributed by atoms with Crippen LogP contribution in [0.3, 0.4) is 0 Å². The SMILES string of the molecule is C[C]1COC1N1CCC[C@H](Nc2nc(-c3c[nH]c4ncc(Cl)cc34)ncc2F)C1. The first kappa shape index (κ1) is 18.7. The van der Waals surface area contributed by atoms with Gasteiger partial charge in [0.15, 0.2) is 17.5 Å². The molecule has 7 nitrogen and oxygen atoms in total. The summed E-state index contributed by atoms with van der Waals surface area (Å²) >= 11 is 6.08. The van der Waals surface area contributed by atoms with E-state index in [1.54, 1.807) is 18.5 Å². The van der Waals surface area contributed by atoms with Crippen LogP contribution in [0.5, 0.6) is 0 Å². The molecule has 0 bridgehead atoms. The molecule has 0 spiro atoms. The lowest BCUT2D eigenvalue weighted by Crippen LogP contribution is -2.55. The molecule has 2 aliphatic heterocycles. The van der Waals surface area contributed by atoms with Crippen molar-refractivity contribution in [2.45, 2.75) is 32.0 Å². The summed E-state index contributed by atoms with van der Waals surface area (Å²) < 4.78 is 20.1. The van der Waals surface area contributed by atoms with Gasteiger partial charge in [-0.25, -0.2) is 19.3 Å². The predicted octanol–water partition coefficient (Wildman–Crippen LogP) is 3.64. The van der Waals surface area contributed by atoms with E-state index in [0.717, 1.165) is 43.5 Å². The first-order valence-electron chi connectivity index (χ1n) is 9.68. The number of nitrogens with zero attached hydrogens (tertiary/aromatic N) is 4. The van der Waals surface area contributed by atoms with E-state index in [1.165, 1.54) is 12.1 Å². The maximum absolute atomic E-state index is 14.5. The van der Waals surface area contributed by atoms with Crippen molar-refractivity contribution in [2.24, 2.45) is 0 Å². The number of H-pyrrole nitrogens is 1. The highest BCUT2D eigenvalue weighted by Crippen LogP contribution is 2.30. The Labute approximate surface area is 172 Å². The van der Waals surface area contributed by atoms with Gasteiger partial charge in [0.2, 0.25) is 0 Å². The second-order valence-electron chi connectivity index (χ2n) is 7.63. The Kier molecular flexibility index (Phi) is 4.85. The van der Waals surface area contributed by atoms with Gasteiger partial charge in [0.25, 0.3) is 0 Å². The van der Waals surface area contributed by atoms with Crippen LogP contribution in [0, 0.1) is 11.7 Å². The number of likely N-dealkylation sites (tertiary alicyclic amines) is 1. The lowest BCUT2D eigenvalue weighted by Gasteiger charge is -2.45. The molecule has 29 heavy (non-hydrogen) atoms. The van der Waals surface area contributed by atoms with E-state index >= 15 is 0 Å². The summed E-state index contributed by atoms with van der Waals surface area (Å²) in [7, 11) is 0. The van der Waals surface area contributed by atoms with E-state index in [1.807, 2.05) is 0 Å². The highest BCUT2D eigenvalue weighted by molar-refractivity contribution is 6.31. The van der Waals surface area contributed by atoms with Gasteiger partial charge in [-0.1, -0.05) is 18.5 Å². The number of pyridine rings is 1. The fourth-order valence-electron chi connectivity index (χ4n) is 4.03. The number of hydrogen-bond acceptors (Lipinski definition) is 6. The highest BCUT2D eigenvalue weighted by atomic mass is 35.5. The molecule has 9 heteroatoms. The fourth-order valence-corrected chi connectivity index (χ4v) is 4.19. The third kappa shape index (κ3) is 3.56. The molecule has 3 aromatic rings. The Morgan fingerprint density at radius 1 is 1.34 bits per heavy atom. The molecule has 0 aliphatic carbocycles. The molecule has 5 rings (SSSR count). The van der Waals surface area contributed by atoms with E-state index < -0.39 is 5.82 Å². The van der Waals surface area contributed by atoms with Gasteiger partial charge in [-0.3, -0.25) is 4.90 Å². The highest BCUT2D eigenvalue weighted by Gasteiger charge is 2.36. The minimum atomic E-state index is -0.468. The molecule has 0 aromatic carbocycles. The van der Waals surface area contributed by atoms with Crippen molar-refractivity contribution in [1.82, 2.24) is 24.8 Å². The zero-order valence-electron chi connectivity index (χ0n) is 16.0. The maximum Gasteiger partial charge on any atom is 0.183 e. The summed E-state index contributed by atoms with van der Waals surface area (Å²) in [5.74, 6) is 1.50. The largest absolute Gasteiger partial charge is 0.363 e. The van der Waals surface area contributed by atoms with Crippen molar-refractivity contribution < 1.29 is 9.13 Å². The molecule has 2 aliphatic rings. The summed E-state index contributed by atoms with van der Waals surface area (Å²) in [6.07, 6.45) is 6.61. The van der Waals surface area contributed by atoms with Crippen LogP contribution in [0.4, 0.5) is 10.2 Å². The van der Waals surface area contributed by atoms with Gasteiger partial charge in [-0.05, 0) is 18.9 Å². The minimum absolute atomic E-state index is 0.0916. The average molecular weight is 416 g/mol. The predicted molar refractivity (Wildman–Crippen MR) is 109 cm³/mol. The number of piperidine rings is 1. The number of aromatic amines is 1. The van der Waals surface area contributed by atoms with E-state index in [9.17, 15) is 4.39 Å². The van der Waals surface area contributed by atoms with E-state index in [2.05, 4.69) is 37.1 Å². The van der Waals surface area contributed by atoms with Gasteiger partial charge in [0.05, 0.1) is 17.8 Å². The number of fused-ring (bicyclic) bond motifs is 1. The quantitative estimate of drug-likeness (QED) is 0.677. The molecular formula is C20H21ClFN6O. The van der Waals surface area contributed by atoms with Crippen molar-refractivity contribution in [3.8, 4) is 11.4 Å². The van der Waals surface area contributed by atoms with Crippen molar-refractivity contribution in [3.05, 3.63) is 41.4 Å². The topological polar surface area (TPSA) is 79.0 Å². The minimum Gasteiger partial charge on any atom is -0.363 e. The van der Waals surface area contributed by atoms with Crippen molar-refractivity contribution in [3.63, 3.8) is 0 Å². The van der Waals surface area contributed by atoms with Crippen molar-refractivity contribution in [1.29, 1.82) is 0 Å². The van der Waals surface area contributed by atoms with Gasteiger partial charge in [0, 0.05) is 48.4 Å². The van der Waals surface area contributed by atoms with Gasteiger partial charge in [-0.2, -0.15) is 0 Å². The smallest absolute Gasteiger partial charge is 0.183 e. The first-order valence-corrected chi connectivity index (χ1v) is 10.1. The van der Waals surface area contributed by atoms with E-state index in [-0.39, 0.29) is 18.1 Å². The van der Waals surface area contributed by atoms with Crippen LogP contribution >= 0.6 is 11.6 Å². The van der Waals surface area contributed by atoms with Crippen LogP contribution in [-0.4, -0.2) is 56.8 Å². The van der Waals surface area contributed by atoms with Crippen molar-refractivity contribution in [2.75, 3.05) is 25.0 Å². The Bertz CT molecular complexity index is 1040. The standard InChI is InChI=1S/C20H21ClFN6O/c1-11-10-29-20(11)28-4-2-3-13(9-28)26-19-16(22)8-25-18(27-19)15-7-24-17-14(15)5-12(21)6-23-17/h5-8,13,20H,2-4,9-10H2,1H3,(H,23,24)(H,25,26,27)/t13-,20?/m0/s1. The van der Waals surface area contributed by atoms with Crippen LogP contribution in [0.15, 0.2) is 24.7 Å². The normalized spacial score (nSPS) is 23.3. The molecule has 0 amide bonds. The van der Waals surface area contributed by atoms with Crippen LogP contribution in [0.1, 0.15) is 19.8 Å². The molecule has 2 N–H and O–H groups in total. The number of halogens is 2. The first-order chi connectivity index (χ1) is 14.1. The number of anilines is 1. The molecule has 5 heterocycles. The van der Waals surface area contributed by atoms with Crippen LogP contribution in [0.2, 0.25) is 5.02 Å². The van der Waals surface area contributed by atoms with Crippen LogP contribution < -0.4 is 5.32 Å². The fraction of sp³-hybridized carbons (Fsp3) is 0.400. The van der Waals surface area contributed by atoms with Crippen LogP contribution in [0.25, 0.3) is 22.4 Å². The summed E-state index contributed by atoms with van der Waals surface area (Å²) in [6.45, 7) is 4.62. The summed E-state index contributed by atoms with van der Waals surface area (Å²) in [6, 6.07) is 1.89. The Hall–Kier alpha value is -2.29. The third-order valence-electron chi connectivity index (χ3n) is 5.50. The lowest BCUT2D eigenvalue weighted by atomic mass is 10.00. The van der Waals surface area contributed by atoms with E-state index in [0.29, 0.717) is 16.5 Å². The van der Waals surface area contributed by atoms with Crippen LogP contribution in [-0.2, 0) is 4.74 Å². The summed E-state index contributed by atoms with van der Waals surface area (Å²) in [4.78, 5) is 18.3. The number of nitrogens with one attached hydrogen (secondary N) is 2. The zero-order chi connectivity index (χ0) is 20.0. The molecule has 2 fully saturated rings. The van der Waals surface area contributed by atoms with Gasteiger partial charge < -0.3 is 15.0 Å². The average Bonchev–Trinajstić information content (AvgIpc) is 3.12. The second-order valence-corrected chi connectivity index (χ2v) is 8.07. The molecule has 1 radical (unpaired) electrons.